The van der Waals surface area contributed by atoms with Gasteiger partial charge in [-0.3, -0.25) is 0 Å². The standard InChI is InChI=1S/C27H35IN6O2/c1-18(19-6-8-20(35-2)9-7-19)30-21-10-11-27(21)12-14-33(15-13-27)22-17-29-24-25(28)32-34(26(24)31-22)23-5-3-4-16-36-23/h6-9,17-18,21,23,30H,3-5,10-16H2,1-2H3/t18?,21-,23?/m1/s1. The first-order valence-electron chi connectivity index (χ1n) is 13.2. The Kier molecular flexibility index (Phi) is 6.81. The van der Waals surface area contributed by atoms with Gasteiger partial charge in [0.2, 0.25) is 0 Å². The lowest BCUT2D eigenvalue weighted by Gasteiger charge is -2.55. The van der Waals surface area contributed by atoms with Gasteiger partial charge < -0.3 is 19.7 Å². The van der Waals surface area contributed by atoms with E-state index in [1.807, 2.05) is 23.0 Å². The molecule has 8 nitrogen and oxygen atoms in total. The average Bonchev–Trinajstić information content (AvgIpc) is 3.27. The molecule has 4 heterocycles. The lowest BCUT2D eigenvalue weighted by atomic mass is 9.59. The predicted molar refractivity (Wildman–Crippen MR) is 148 cm³/mol. The van der Waals surface area contributed by atoms with Crippen molar-refractivity contribution in [1.82, 2.24) is 25.1 Å². The minimum absolute atomic E-state index is 0.0339. The van der Waals surface area contributed by atoms with E-state index < -0.39 is 0 Å². The third kappa shape index (κ3) is 4.47. The zero-order valence-corrected chi connectivity index (χ0v) is 23.3. The van der Waals surface area contributed by atoms with E-state index in [1.54, 1.807) is 7.11 Å². The minimum Gasteiger partial charge on any atom is -0.497 e. The second-order valence-electron chi connectivity index (χ2n) is 10.6. The van der Waals surface area contributed by atoms with Crippen LogP contribution in [0.1, 0.15) is 69.7 Å². The third-order valence-corrected chi connectivity index (χ3v) is 9.32. The van der Waals surface area contributed by atoms with Crippen molar-refractivity contribution in [3.05, 3.63) is 39.7 Å². The molecule has 1 aliphatic carbocycles. The van der Waals surface area contributed by atoms with Crippen molar-refractivity contribution in [2.24, 2.45) is 5.41 Å². The molecule has 0 bridgehead atoms. The molecule has 36 heavy (non-hydrogen) atoms. The number of benzene rings is 1. The Morgan fingerprint density at radius 1 is 1.14 bits per heavy atom. The molecule has 3 fully saturated rings. The van der Waals surface area contributed by atoms with Crippen LogP contribution in [0.4, 0.5) is 5.82 Å². The molecule has 3 aliphatic rings. The summed E-state index contributed by atoms with van der Waals surface area (Å²) in [6.45, 7) is 5.09. The molecule has 3 atom stereocenters. The van der Waals surface area contributed by atoms with Gasteiger partial charge in [0, 0.05) is 31.8 Å². The lowest BCUT2D eigenvalue weighted by molar-refractivity contribution is -0.0372. The van der Waals surface area contributed by atoms with Crippen molar-refractivity contribution in [1.29, 1.82) is 0 Å². The van der Waals surface area contributed by atoms with Crippen molar-refractivity contribution in [2.75, 3.05) is 31.7 Å². The van der Waals surface area contributed by atoms with Crippen molar-refractivity contribution < 1.29 is 9.47 Å². The van der Waals surface area contributed by atoms with Gasteiger partial charge in [-0.05, 0) is 97.6 Å². The molecular formula is C27H35IN6O2. The topological polar surface area (TPSA) is 77.3 Å². The van der Waals surface area contributed by atoms with E-state index in [9.17, 15) is 0 Å². The number of halogens is 1. The highest BCUT2D eigenvalue weighted by molar-refractivity contribution is 14.1. The summed E-state index contributed by atoms with van der Waals surface area (Å²) in [6.07, 6.45) is 10.1. The quantitative estimate of drug-likeness (QED) is 0.387. The molecule has 192 valence electrons. The molecule has 0 radical (unpaired) electrons. The summed E-state index contributed by atoms with van der Waals surface area (Å²) in [5.41, 5.74) is 3.42. The Hall–Kier alpha value is -1.98. The summed E-state index contributed by atoms with van der Waals surface area (Å²) >= 11 is 2.26. The molecule has 1 spiro atoms. The Bertz CT molecular complexity index is 1200. The van der Waals surface area contributed by atoms with Gasteiger partial charge in [-0.15, -0.1) is 0 Å². The lowest BCUT2D eigenvalue weighted by Crippen LogP contribution is -2.58. The van der Waals surface area contributed by atoms with Crippen LogP contribution in [-0.4, -0.2) is 52.6 Å². The largest absolute Gasteiger partial charge is 0.497 e. The smallest absolute Gasteiger partial charge is 0.182 e. The van der Waals surface area contributed by atoms with Crippen LogP contribution >= 0.6 is 22.6 Å². The molecule has 2 unspecified atom stereocenters. The number of nitrogens with zero attached hydrogens (tertiary/aromatic N) is 5. The Morgan fingerprint density at radius 2 is 1.94 bits per heavy atom. The fourth-order valence-electron chi connectivity index (χ4n) is 6.16. The van der Waals surface area contributed by atoms with Gasteiger partial charge >= 0.3 is 0 Å². The van der Waals surface area contributed by atoms with Gasteiger partial charge in [-0.25, -0.2) is 14.6 Å². The van der Waals surface area contributed by atoms with Gasteiger partial charge in [0.1, 0.15) is 17.1 Å². The minimum atomic E-state index is -0.0339. The number of nitrogens with one attached hydrogen (secondary N) is 1. The molecule has 1 saturated carbocycles. The molecular weight excluding hydrogens is 567 g/mol. The number of anilines is 1. The van der Waals surface area contributed by atoms with Crippen LogP contribution in [0.15, 0.2) is 30.5 Å². The van der Waals surface area contributed by atoms with E-state index in [0.29, 0.717) is 17.5 Å². The highest BCUT2D eigenvalue weighted by atomic mass is 127. The zero-order chi connectivity index (χ0) is 24.7. The van der Waals surface area contributed by atoms with E-state index >= 15 is 0 Å². The number of ether oxygens (including phenoxy) is 2. The molecule has 0 amide bonds. The number of piperidine rings is 1. The molecule has 6 rings (SSSR count). The third-order valence-electron chi connectivity index (χ3n) is 8.60. The number of hydrogen-bond donors (Lipinski definition) is 1. The Labute approximate surface area is 226 Å². The maximum Gasteiger partial charge on any atom is 0.182 e. The molecule has 3 aromatic rings. The maximum atomic E-state index is 6.01. The monoisotopic (exact) mass is 602 g/mol. The Balaban J connectivity index is 1.13. The Morgan fingerprint density at radius 3 is 2.61 bits per heavy atom. The van der Waals surface area contributed by atoms with Crippen LogP contribution in [0.3, 0.4) is 0 Å². The van der Waals surface area contributed by atoms with Crippen molar-refractivity contribution in [3.8, 4) is 5.75 Å². The van der Waals surface area contributed by atoms with E-state index in [4.69, 9.17) is 24.5 Å². The summed E-state index contributed by atoms with van der Waals surface area (Å²) < 4.78 is 14.2. The average molecular weight is 603 g/mol. The second-order valence-corrected chi connectivity index (χ2v) is 11.6. The van der Waals surface area contributed by atoms with Gasteiger partial charge in [0.05, 0.1) is 13.3 Å². The number of hydrogen-bond acceptors (Lipinski definition) is 7. The van der Waals surface area contributed by atoms with E-state index in [2.05, 4.69) is 51.9 Å². The number of rotatable bonds is 6. The van der Waals surface area contributed by atoms with Crippen LogP contribution in [-0.2, 0) is 4.74 Å². The van der Waals surface area contributed by atoms with Crippen molar-refractivity contribution in [2.45, 2.75) is 70.2 Å². The fraction of sp³-hybridized carbons (Fsp3) is 0.593. The van der Waals surface area contributed by atoms with E-state index in [1.165, 1.54) is 31.2 Å². The first kappa shape index (κ1) is 24.4. The summed E-state index contributed by atoms with van der Waals surface area (Å²) in [6, 6.07) is 9.33. The van der Waals surface area contributed by atoms with E-state index in [0.717, 1.165) is 65.4 Å². The van der Waals surface area contributed by atoms with Crippen molar-refractivity contribution >= 4 is 39.6 Å². The van der Waals surface area contributed by atoms with Gasteiger partial charge in [0.25, 0.3) is 0 Å². The molecule has 2 saturated heterocycles. The van der Waals surface area contributed by atoms with Gasteiger partial charge in [0.15, 0.2) is 15.6 Å². The molecule has 1 N–H and O–H groups in total. The molecule has 2 aromatic heterocycles. The predicted octanol–water partition coefficient (Wildman–Crippen LogP) is 5.24. The van der Waals surface area contributed by atoms with Crippen LogP contribution in [0.2, 0.25) is 0 Å². The SMILES string of the molecule is COc1ccc(C(C)N[C@@H]2CCC23CCN(c2cnc4c(I)nn(C5CCCCO5)c4n2)CC3)cc1. The maximum absolute atomic E-state index is 6.01. The van der Waals surface area contributed by atoms with Crippen LogP contribution in [0, 0.1) is 9.12 Å². The zero-order valence-electron chi connectivity index (χ0n) is 21.1. The highest BCUT2D eigenvalue weighted by Gasteiger charge is 2.48. The van der Waals surface area contributed by atoms with Crippen LogP contribution in [0.5, 0.6) is 5.75 Å². The highest BCUT2D eigenvalue weighted by Crippen LogP contribution is 2.50. The summed E-state index contributed by atoms with van der Waals surface area (Å²) in [7, 11) is 1.71. The molecule has 1 aromatic carbocycles. The summed E-state index contributed by atoms with van der Waals surface area (Å²) in [5, 5.41) is 8.68. The molecule has 2 aliphatic heterocycles. The first-order chi connectivity index (χ1) is 17.6. The summed E-state index contributed by atoms with van der Waals surface area (Å²) in [4.78, 5) is 12.2. The number of methoxy groups -OCH3 is 1. The fourth-order valence-corrected chi connectivity index (χ4v) is 6.77. The van der Waals surface area contributed by atoms with Crippen molar-refractivity contribution in [3.63, 3.8) is 0 Å². The van der Waals surface area contributed by atoms with Crippen LogP contribution in [0.25, 0.3) is 11.2 Å². The number of aromatic nitrogens is 4. The normalized spacial score (nSPS) is 24.6. The molecule has 9 heteroatoms. The van der Waals surface area contributed by atoms with E-state index in [-0.39, 0.29) is 6.23 Å². The summed E-state index contributed by atoms with van der Waals surface area (Å²) in [5.74, 6) is 1.87. The second kappa shape index (κ2) is 10.1. The number of fused-ring (bicyclic) bond motifs is 1. The first-order valence-corrected chi connectivity index (χ1v) is 14.3. The van der Waals surface area contributed by atoms with Crippen LogP contribution < -0.4 is 15.0 Å². The van der Waals surface area contributed by atoms with Gasteiger partial charge in [-0.1, -0.05) is 12.1 Å². The van der Waals surface area contributed by atoms with Gasteiger partial charge in [-0.2, -0.15) is 5.10 Å².